The Morgan fingerprint density at radius 1 is 1.04 bits per heavy atom. The van der Waals surface area contributed by atoms with Gasteiger partial charge in [-0.15, -0.1) is 10.2 Å². The van der Waals surface area contributed by atoms with Crippen molar-refractivity contribution in [1.82, 2.24) is 14.8 Å². The van der Waals surface area contributed by atoms with Gasteiger partial charge in [0.25, 0.3) is 0 Å². The quantitative estimate of drug-likeness (QED) is 0.518. The normalized spacial score (nSPS) is 10.8. The summed E-state index contributed by atoms with van der Waals surface area (Å²) >= 11 is 1.41. The van der Waals surface area contributed by atoms with Crippen molar-refractivity contribution < 1.29 is 4.79 Å². The number of carbonyl (C=O) groups is 1. The monoisotopic (exact) mass is 337 g/mol. The van der Waals surface area contributed by atoms with E-state index in [0.29, 0.717) is 5.75 Å². The fraction of sp³-hybridized carbons (Fsp3) is 0.211. The number of hydrogen-bond donors (Lipinski definition) is 0. The number of hydrogen-bond acceptors (Lipinski definition) is 4. The lowest BCUT2D eigenvalue weighted by Crippen LogP contribution is -2.04. The standard InChI is InChI=1S/C19H19N3OS/c1-13-4-7-16(8-5-13)18(23)11-24-19-21-20-12-22(19)17-9-6-14(2)10-15(17)3/h4-10,12H,11H2,1-3H3. The smallest absolute Gasteiger partial charge is 0.196 e. The lowest BCUT2D eigenvalue weighted by Gasteiger charge is -2.10. The number of aryl methyl sites for hydroxylation is 3. The Balaban J connectivity index is 1.76. The van der Waals surface area contributed by atoms with E-state index in [9.17, 15) is 4.79 Å². The van der Waals surface area contributed by atoms with Crippen molar-refractivity contribution >= 4 is 17.5 Å². The van der Waals surface area contributed by atoms with Crippen LogP contribution in [0.25, 0.3) is 5.69 Å². The molecule has 2 aromatic carbocycles. The maximum absolute atomic E-state index is 12.3. The summed E-state index contributed by atoms with van der Waals surface area (Å²) in [5.74, 6) is 0.433. The van der Waals surface area contributed by atoms with Gasteiger partial charge in [-0.1, -0.05) is 59.3 Å². The van der Waals surface area contributed by atoms with Gasteiger partial charge in [0.2, 0.25) is 0 Å². The maximum atomic E-state index is 12.3. The predicted molar refractivity (Wildman–Crippen MR) is 97.1 cm³/mol. The third-order valence-electron chi connectivity index (χ3n) is 3.83. The number of thioether (sulfide) groups is 1. The Morgan fingerprint density at radius 3 is 2.46 bits per heavy atom. The van der Waals surface area contributed by atoms with E-state index in [-0.39, 0.29) is 5.78 Å². The van der Waals surface area contributed by atoms with Crippen molar-refractivity contribution in [2.24, 2.45) is 0 Å². The molecule has 0 aliphatic heterocycles. The minimum absolute atomic E-state index is 0.0928. The highest BCUT2D eigenvalue weighted by Crippen LogP contribution is 2.23. The number of ketones is 1. The number of carbonyl (C=O) groups excluding carboxylic acids is 1. The minimum atomic E-state index is 0.0928. The van der Waals surface area contributed by atoms with Gasteiger partial charge in [-0.25, -0.2) is 0 Å². The van der Waals surface area contributed by atoms with Gasteiger partial charge in [-0.2, -0.15) is 0 Å². The lowest BCUT2D eigenvalue weighted by atomic mass is 10.1. The van der Waals surface area contributed by atoms with Crippen molar-refractivity contribution in [3.63, 3.8) is 0 Å². The van der Waals surface area contributed by atoms with Crippen LogP contribution in [0.2, 0.25) is 0 Å². The lowest BCUT2D eigenvalue weighted by molar-refractivity contribution is 0.102. The van der Waals surface area contributed by atoms with E-state index in [1.54, 1.807) is 6.33 Å². The summed E-state index contributed by atoms with van der Waals surface area (Å²) in [5.41, 5.74) is 5.28. The van der Waals surface area contributed by atoms with Crippen LogP contribution in [0, 0.1) is 20.8 Å². The molecule has 0 unspecified atom stereocenters. The molecule has 0 fully saturated rings. The molecule has 3 rings (SSSR count). The predicted octanol–water partition coefficient (Wildman–Crippen LogP) is 4.17. The summed E-state index contributed by atoms with van der Waals surface area (Å²) in [7, 11) is 0. The van der Waals surface area contributed by atoms with Crippen LogP contribution in [-0.2, 0) is 0 Å². The SMILES string of the molecule is Cc1ccc(C(=O)CSc2nncn2-c2ccc(C)cc2C)cc1. The molecule has 0 saturated heterocycles. The molecular weight excluding hydrogens is 318 g/mol. The van der Waals surface area contributed by atoms with Crippen LogP contribution < -0.4 is 0 Å². The van der Waals surface area contributed by atoms with Crippen LogP contribution in [0.1, 0.15) is 27.0 Å². The van der Waals surface area contributed by atoms with Crippen LogP contribution in [-0.4, -0.2) is 26.3 Å². The highest BCUT2D eigenvalue weighted by Gasteiger charge is 2.12. The number of rotatable bonds is 5. The molecule has 0 aliphatic rings. The first kappa shape index (κ1) is 16.5. The van der Waals surface area contributed by atoms with Crippen LogP contribution in [0.15, 0.2) is 53.9 Å². The Morgan fingerprint density at radius 2 is 1.75 bits per heavy atom. The first-order chi connectivity index (χ1) is 11.5. The Hall–Kier alpha value is -2.40. The average Bonchev–Trinajstić information content (AvgIpc) is 3.01. The number of nitrogens with zero attached hydrogens (tertiary/aromatic N) is 3. The molecule has 1 aromatic heterocycles. The molecular formula is C19H19N3OS. The molecule has 0 spiro atoms. The Bertz CT molecular complexity index is 869. The van der Waals surface area contributed by atoms with Gasteiger partial charge in [-0.05, 0) is 32.4 Å². The van der Waals surface area contributed by atoms with Gasteiger partial charge in [0, 0.05) is 5.56 Å². The van der Waals surface area contributed by atoms with Crippen LogP contribution in [0.3, 0.4) is 0 Å². The molecule has 1 heterocycles. The topological polar surface area (TPSA) is 47.8 Å². The van der Waals surface area contributed by atoms with Crippen molar-refractivity contribution in [3.05, 3.63) is 71.0 Å². The molecule has 0 N–H and O–H groups in total. The second-order valence-electron chi connectivity index (χ2n) is 5.85. The molecule has 0 amide bonds. The average molecular weight is 337 g/mol. The molecule has 24 heavy (non-hydrogen) atoms. The van der Waals surface area contributed by atoms with E-state index < -0.39 is 0 Å². The second kappa shape index (κ2) is 7.01. The van der Waals surface area contributed by atoms with Crippen molar-refractivity contribution in [2.75, 3.05) is 5.75 Å². The van der Waals surface area contributed by atoms with Gasteiger partial charge in [0.1, 0.15) is 6.33 Å². The number of benzene rings is 2. The van der Waals surface area contributed by atoms with Gasteiger partial charge in [0.05, 0.1) is 11.4 Å². The van der Waals surface area contributed by atoms with E-state index >= 15 is 0 Å². The molecule has 0 aliphatic carbocycles. The Kier molecular flexibility index (Phi) is 4.81. The van der Waals surface area contributed by atoms with Crippen molar-refractivity contribution in [3.8, 4) is 5.69 Å². The van der Waals surface area contributed by atoms with Crippen molar-refractivity contribution in [2.45, 2.75) is 25.9 Å². The van der Waals surface area contributed by atoms with Crippen LogP contribution in [0.5, 0.6) is 0 Å². The summed E-state index contributed by atoms with van der Waals surface area (Å²) in [6.45, 7) is 6.14. The van der Waals surface area contributed by atoms with Crippen LogP contribution in [0.4, 0.5) is 0 Å². The van der Waals surface area contributed by atoms with E-state index in [1.165, 1.54) is 17.3 Å². The minimum Gasteiger partial charge on any atom is -0.293 e. The summed E-state index contributed by atoms with van der Waals surface area (Å²) in [6, 6.07) is 13.9. The third kappa shape index (κ3) is 3.57. The highest BCUT2D eigenvalue weighted by atomic mass is 32.2. The zero-order valence-corrected chi connectivity index (χ0v) is 14.8. The summed E-state index contributed by atoms with van der Waals surface area (Å²) in [6.07, 6.45) is 1.69. The van der Waals surface area contributed by atoms with Crippen LogP contribution >= 0.6 is 11.8 Å². The van der Waals surface area contributed by atoms with Gasteiger partial charge in [0.15, 0.2) is 10.9 Å². The number of aromatic nitrogens is 3. The van der Waals surface area contributed by atoms with Gasteiger partial charge >= 0.3 is 0 Å². The van der Waals surface area contributed by atoms with Gasteiger partial charge < -0.3 is 0 Å². The summed E-state index contributed by atoms with van der Waals surface area (Å²) in [5, 5.41) is 8.89. The molecule has 122 valence electrons. The first-order valence-electron chi connectivity index (χ1n) is 7.75. The molecule has 0 atom stereocenters. The molecule has 0 bridgehead atoms. The fourth-order valence-corrected chi connectivity index (χ4v) is 3.33. The third-order valence-corrected chi connectivity index (χ3v) is 4.78. The van der Waals surface area contributed by atoms with Gasteiger partial charge in [-0.3, -0.25) is 9.36 Å². The molecule has 3 aromatic rings. The van der Waals surface area contributed by atoms with E-state index in [4.69, 9.17) is 0 Å². The first-order valence-corrected chi connectivity index (χ1v) is 8.73. The summed E-state index contributed by atoms with van der Waals surface area (Å²) < 4.78 is 1.93. The summed E-state index contributed by atoms with van der Waals surface area (Å²) in [4.78, 5) is 12.3. The van der Waals surface area contributed by atoms with E-state index in [1.807, 2.05) is 35.8 Å². The second-order valence-corrected chi connectivity index (χ2v) is 6.79. The largest absolute Gasteiger partial charge is 0.293 e. The number of Topliss-reactive ketones (excluding diaryl/α,β-unsaturated/α-hetero) is 1. The zero-order valence-electron chi connectivity index (χ0n) is 14.0. The maximum Gasteiger partial charge on any atom is 0.196 e. The zero-order chi connectivity index (χ0) is 17.1. The van der Waals surface area contributed by atoms with E-state index in [2.05, 4.69) is 42.2 Å². The molecule has 4 nitrogen and oxygen atoms in total. The molecule has 0 saturated carbocycles. The molecule has 0 radical (unpaired) electrons. The highest BCUT2D eigenvalue weighted by molar-refractivity contribution is 7.99. The van der Waals surface area contributed by atoms with Crippen molar-refractivity contribution in [1.29, 1.82) is 0 Å². The Labute approximate surface area is 145 Å². The van der Waals surface area contributed by atoms with E-state index in [0.717, 1.165) is 27.5 Å². The molecule has 5 heteroatoms. The fourth-order valence-electron chi connectivity index (χ4n) is 2.52.